The fourth-order valence-corrected chi connectivity index (χ4v) is 4.97. The maximum Gasteiger partial charge on any atom is 0.332 e. The second-order valence-electron chi connectivity index (χ2n) is 9.23. The third-order valence-electron chi connectivity index (χ3n) is 6.78. The maximum absolute atomic E-state index is 13.5. The number of ether oxygens (including phenoxy) is 1. The summed E-state index contributed by atoms with van der Waals surface area (Å²) in [5.41, 5.74) is 1.74. The van der Waals surface area contributed by atoms with Crippen LogP contribution < -0.4 is 16.1 Å². The van der Waals surface area contributed by atoms with E-state index in [1.807, 2.05) is 10.6 Å². The van der Waals surface area contributed by atoms with Crippen molar-refractivity contribution in [3.05, 3.63) is 56.7 Å². The summed E-state index contributed by atoms with van der Waals surface area (Å²) in [6, 6.07) is 10.4. The van der Waals surface area contributed by atoms with E-state index in [0.717, 1.165) is 45.1 Å². The van der Waals surface area contributed by atoms with Crippen molar-refractivity contribution < 1.29 is 4.74 Å². The van der Waals surface area contributed by atoms with E-state index in [4.69, 9.17) is 9.72 Å². The molecule has 9 heteroatoms. The molecular formula is C24H32N6O3. The summed E-state index contributed by atoms with van der Waals surface area (Å²) in [6.07, 6.45) is 0.902. The first kappa shape index (κ1) is 21.9. The van der Waals surface area contributed by atoms with E-state index in [1.54, 1.807) is 7.05 Å². The lowest BCUT2D eigenvalue weighted by molar-refractivity contribution is 0.0361. The lowest BCUT2D eigenvalue weighted by Crippen LogP contribution is -2.45. The topological polar surface area (TPSA) is 77.5 Å². The second-order valence-corrected chi connectivity index (χ2v) is 9.23. The summed E-state index contributed by atoms with van der Waals surface area (Å²) < 4.78 is 10.3. The number of nitrogens with zero attached hydrogens (tertiary/aromatic N) is 6. The van der Waals surface area contributed by atoms with Gasteiger partial charge in [0.15, 0.2) is 11.2 Å². The minimum atomic E-state index is -0.305. The van der Waals surface area contributed by atoms with E-state index in [9.17, 15) is 9.59 Å². The van der Waals surface area contributed by atoms with Gasteiger partial charge in [0.1, 0.15) is 0 Å². The lowest BCUT2D eigenvalue weighted by Gasteiger charge is -2.33. The van der Waals surface area contributed by atoms with Crippen LogP contribution in [0.15, 0.2) is 39.9 Å². The first-order valence-corrected chi connectivity index (χ1v) is 11.8. The molecule has 33 heavy (non-hydrogen) atoms. The SMILES string of the molecule is C[C@@H]1CN(CCc2ccccc2)c2nc3c(c(=O)n(CCN4CCOCC4)c(=O)n3C)n2C1. The van der Waals surface area contributed by atoms with E-state index >= 15 is 0 Å². The lowest BCUT2D eigenvalue weighted by atomic mass is 10.1. The molecule has 5 rings (SSSR count). The number of anilines is 1. The Bertz CT molecular complexity index is 1240. The molecule has 1 atom stereocenters. The van der Waals surface area contributed by atoms with Crippen molar-refractivity contribution in [3.63, 3.8) is 0 Å². The standard InChI is InChI=1S/C24H32N6O3/c1-18-16-28(9-8-19-6-4-3-5-7-19)23-25-21-20(30(23)17-18)22(31)29(24(32)26(21)2)11-10-27-12-14-33-15-13-27/h3-7,18H,8-17H2,1-2H3/t18-/m1/s1. The molecule has 2 aromatic heterocycles. The fourth-order valence-electron chi connectivity index (χ4n) is 4.97. The normalized spacial score (nSPS) is 19.2. The molecule has 0 saturated carbocycles. The van der Waals surface area contributed by atoms with Gasteiger partial charge in [-0.15, -0.1) is 0 Å². The molecule has 0 spiro atoms. The minimum Gasteiger partial charge on any atom is -0.379 e. The van der Waals surface area contributed by atoms with Crippen LogP contribution in [0.25, 0.3) is 11.2 Å². The van der Waals surface area contributed by atoms with Crippen LogP contribution in [0.5, 0.6) is 0 Å². The molecule has 176 valence electrons. The smallest absolute Gasteiger partial charge is 0.332 e. The summed E-state index contributed by atoms with van der Waals surface area (Å²) in [7, 11) is 1.71. The van der Waals surface area contributed by atoms with Crippen LogP contribution in [0.4, 0.5) is 5.95 Å². The molecule has 0 aliphatic carbocycles. The zero-order chi connectivity index (χ0) is 22.9. The number of aromatic nitrogens is 4. The molecule has 0 unspecified atom stereocenters. The Morgan fingerprint density at radius 3 is 2.55 bits per heavy atom. The van der Waals surface area contributed by atoms with Crippen molar-refractivity contribution in [2.24, 2.45) is 13.0 Å². The molecule has 0 amide bonds. The van der Waals surface area contributed by atoms with Gasteiger partial charge in [-0.3, -0.25) is 18.8 Å². The van der Waals surface area contributed by atoms with Crippen LogP contribution in [-0.2, 0) is 31.3 Å². The predicted octanol–water partition coefficient (Wildman–Crippen LogP) is 0.928. The highest BCUT2D eigenvalue weighted by atomic mass is 16.5. The molecule has 0 radical (unpaired) electrons. The Hall–Kier alpha value is -2.91. The summed E-state index contributed by atoms with van der Waals surface area (Å²) in [6.45, 7) is 8.69. The minimum absolute atomic E-state index is 0.239. The van der Waals surface area contributed by atoms with Gasteiger partial charge in [-0.25, -0.2) is 4.79 Å². The van der Waals surface area contributed by atoms with E-state index in [-0.39, 0.29) is 11.2 Å². The second kappa shape index (κ2) is 9.15. The third kappa shape index (κ3) is 4.22. The van der Waals surface area contributed by atoms with Gasteiger partial charge in [0.2, 0.25) is 5.95 Å². The molecule has 4 heterocycles. The van der Waals surface area contributed by atoms with Crippen molar-refractivity contribution in [1.82, 2.24) is 23.6 Å². The number of hydrogen-bond donors (Lipinski definition) is 0. The van der Waals surface area contributed by atoms with Crippen LogP contribution in [-0.4, -0.2) is 69.5 Å². The molecule has 0 N–H and O–H groups in total. The van der Waals surface area contributed by atoms with Crippen LogP contribution in [0.3, 0.4) is 0 Å². The third-order valence-corrected chi connectivity index (χ3v) is 6.78. The predicted molar refractivity (Wildman–Crippen MR) is 128 cm³/mol. The van der Waals surface area contributed by atoms with E-state index in [2.05, 4.69) is 41.0 Å². The molecule has 1 saturated heterocycles. The monoisotopic (exact) mass is 452 g/mol. The van der Waals surface area contributed by atoms with Crippen LogP contribution in [0, 0.1) is 5.92 Å². The van der Waals surface area contributed by atoms with Crippen LogP contribution >= 0.6 is 0 Å². The number of aryl methyl sites for hydroxylation is 1. The molecule has 9 nitrogen and oxygen atoms in total. The highest BCUT2D eigenvalue weighted by Crippen LogP contribution is 2.27. The van der Waals surface area contributed by atoms with Crippen molar-refractivity contribution in [3.8, 4) is 0 Å². The Kier molecular flexibility index (Phi) is 6.07. The quantitative estimate of drug-likeness (QED) is 0.554. The average Bonchev–Trinajstić information content (AvgIpc) is 3.22. The van der Waals surface area contributed by atoms with Crippen LogP contribution in [0.2, 0.25) is 0 Å². The van der Waals surface area contributed by atoms with Crippen molar-refractivity contribution in [2.75, 3.05) is 50.8 Å². The van der Waals surface area contributed by atoms with Gasteiger partial charge in [0.25, 0.3) is 5.56 Å². The highest BCUT2D eigenvalue weighted by molar-refractivity contribution is 5.75. The molecule has 1 aromatic carbocycles. The van der Waals surface area contributed by atoms with E-state index in [0.29, 0.717) is 43.4 Å². The number of hydrogen-bond acceptors (Lipinski definition) is 6. The Morgan fingerprint density at radius 2 is 1.79 bits per heavy atom. The molecule has 0 bridgehead atoms. The summed E-state index contributed by atoms with van der Waals surface area (Å²) in [5.74, 6) is 1.17. The molecular weight excluding hydrogens is 420 g/mol. The zero-order valence-electron chi connectivity index (χ0n) is 19.4. The molecule has 3 aromatic rings. The van der Waals surface area contributed by atoms with Crippen LogP contribution in [0.1, 0.15) is 12.5 Å². The number of rotatable bonds is 6. The fraction of sp³-hybridized carbons (Fsp3) is 0.542. The van der Waals surface area contributed by atoms with Gasteiger partial charge >= 0.3 is 5.69 Å². The van der Waals surface area contributed by atoms with Gasteiger partial charge < -0.3 is 14.2 Å². The maximum atomic E-state index is 13.5. The Labute approximate surface area is 192 Å². The van der Waals surface area contributed by atoms with Crippen molar-refractivity contribution in [1.29, 1.82) is 0 Å². The van der Waals surface area contributed by atoms with E-state index < -0.39 is 0 Å². The van der Waals surface area contributed by atoms with E-state index in [1.165, 1.54) is 14.7 Å². The van der Waals surface area contributed by atoms with Gasteiger partial charge in [-0.2, -0.15) is 4.98 Å². The first-order chi connectivity index (χ1) is 16.0. The number of fused-ring (bicyclic) bond motifs is 3. The molecule has 1 fully saturated rings. The Morgan fingerprint density at radius 1 is 1.03 bits per heavy atom. The number of imidazole rings is 1. The number of morpholine rings is 1. The van der Waals surface area contributed by atoms with Gasteiger partial charge in [-0.05, 0) is 17.9 Å². The average molecular weight is 453 g/mol. The van der Waals surface area contributed by atoms with Crippen molar-refractivity contribution in [2.45, 2.75) is 26.4 Å². The molecule has 2 aliphatic rings. The number of benzene rings is 1. The van der Waals surface area contributed by atoms with Gasteiger partial charge in [0.05, 0.1) is 13.2 Å². The zero-order valence-corrected chi connectivity index (χ0v) is 19.4. The van der Waals surface area contributed by atoms with Gasteiger partial charge in [-0.1, -0.05) is 37.3 Å². The summed E-state index contributed by atoms with van der Waals surface area (Å²) in [4.78, 5) is 35.9. The Balaban J connectivity index is 1.49. The largest absolute Gasteiger partial charge is 0.379 e. The van der Waals surface area contributed by atoms with Gasteiger partial charge in [0, 0.05) is 52.9 Å². The van der Waals surface area contributed by atoms with Crippen molar-refractivity contribution >= 4 is 17.1 Å². The summed E-state index contributed by atoms with van der Waals surface area (Å²) >= 11 is 0. The first-order valence-electron chi connectivity index (χ1n) is 11.8. The molecule has 2 aliphatic heterocycles. The highest BCUT2D eigenvalue weighted by Gasteiger charge is 2.29. The summed E-state index contributed by atoms with van der Waals surface area (Å²) in [5, 5.41) is 0.